The van der Waals surface area contributed by atoms with Crippen LogP contribution in [0.25, 0.3) is 6.08 Å². The quantitative estimate of drug-likeness (QED) is 0.850. The van der Waals surface area contributed by atoms with Crippen LogP contribution in [0.15, 0.2) is 39.5 Å². The van der Waals surface area contributed by atoms with Gasteiger partial charge in [0.05, 0.1) is 16.2 Å². The number of hydrogen-bond donors (Lipinski definition) is 1. The van der Waals surface area contributed by atoms with E-state index in [0.717, 1.165) is 5.69 Å². The van der Waals surface area contributed by atoms with Gasteiger partial charge in [-0.2, -0.15) is 4.99 Å². The van der Waals surface area contributed by atoms with Gasteiger partial charge in [0.2, 0.25) is 5.13 Å². The van der Waals surface area contributed by atoms with Crippen LogP contribution in [0.3, 0.4) is 0 Å². The smallest absolute Gasteiger partial charge is 0.336 e. The van der Waals surface area contributed by atoms with Gasteiger partial charge in [0.25, 0.3) is 5.91 Å². The molecule has 0 spiro atoms. The maximum atomic E-state index is 12.4. The molecule has 0 bridgehead atoms. The fourth-order valence-electron chi connectivity index (χ4n) is 2.09. The number of aromatic carboxylic acids is 1. The number of rotatable bonds is 3. The van der Waals surface area contributed by atoms with Gasteiger partial charge in [-0.05, 0) is 36.4 Å². The van der Waals surface area contributed by atoms with Crippen LogP contribution in [-0.2, 0) is 4.79 Å². The number of aryl methyl sites for hydroxylation is 1. The lowest BCUT2D eigenvalue weighted by Gasteiger charge is -2.05. The standard InChI is InChI=1S/C16H13N3O3S2/c1-9-8-23-15(17-9)18-16-19(2)13(20)12(24-16)7-10-5-3-4-6-11(10)14(21)22/h3-8H,1-2H3,(H,21,22)/b12-7+,18-16+. The first kappa shape index (κ1) is 16.4. The summed E-state index contributed by atoms with van der Waals surface area (Å²) in [6.45, 7) is 1.88. The summed E-state index contributed by atoms with van der Waals surface area (Å²) in [5.74, 6) is -1.24. The number of amides is 1. The van der Waals surface area contributed by atoms with Crippen LogP contribution in [-0.4, -0.2) is 39.1 Å². The van der Waals surface area contributed by atoms with Crippen LogP contribution in [0.1, 0.15) is 21.6 Å². The molecule has 1 aromatic heterocycles. The molecule has 8 heteroatoms. The van der Waals surface area contributed by atoms with Crippen molar-refractivity contribution in [1.29, 1.82) is 0 Å². The van der Waals surface area contributed by atoms with Crippen molar-refractivity contribution in [2.45, 2.75) is 6.92 Å². The topological polar surface area (TPSA) is 82.9 Å². The summed E-state index contributed by atoms with van der Waals surface area (Å²) in [7, 11) is 1.64. The van der Waals surface area contributed by atoms with Gasteiger partial charge < -0.3 is 5.11 Å². The van der Waals surface area contributed by atoms with Gasteiger partial charge in [-0.25, -0.2) is 9.78 Å². The number of carbonyl (C=O) groups is 2. The average Bonchev–Trinajstić information content (AvgIpc) is 3.07. The van der Waals surface area contributed by atoms with Gasteiger partial charge >= 0.3 is 5.97 Å². The molecule has 1 N–H and O–H groups in total. The Bertz CT molecular complexity index is 886. The normalized spacial score (nSPS) is 17.9. The highest BCUT2D eigenvalue weighted by Gasteiger charge is 2.31. The molecule has 1 saturated heterocycles. The van der Waals surface area contributed by atoms with E-state index in [4.69, 9.17) is 0 Å². The molecule has 1 aliphatic heterocycles. The third-order valence-corrected chi connectivity index (χ3v) is 5.19. The van der Waals surface area contributed by atoms with E-state index in [1.807, 2.05) is 12.3 Å². The van der Waals surface area contributed by atoms with Crippen molar-refractivity contribution in [3.05, 3.63) is 51.4 Å². The number of carboxylic acid groups (broad SMARTS) is 1. The zero-order chi connectivity index (χ0) is 17.3. The summed E-state index contributed by atoms with van der Waals surface area (Å²) in [5, 5.41) is 12.2. The van der Waals surface area contributed by atoms with Crippen LogP contribution >= 0.6 is 23.1 Å². The van der Waals surface area contributed by atoms with Crippen molar-refractivity contribution in [2.24, 2.45) is 4.99 Å². The first-order valence-electron chi connectivity index (χ1n) is 6.96. The molecular formula is C16H13N3O3S2. The molecular weight excluding hydrogens is 346 g/mol. The molecule has 24 heavy (non-hydrogen) atoms. The van der Waals surface area contributed by atoms with Crippen molar-refractivity contribution in [3.8, 4) is 0 Å². The molecule has 3 rings (SSSR count). The first-order valence-corrected chi connectivity index (χ1v) is 8.66. The molecule has 2 aromatic rings. The summed E-state index contributed by atoms with van der Waals surface area (Å²) in [5.41, 5.74) is 1.52. The second kappa shape index (κ2) is 6.58. The minimum absolute atomic E-state index is 0.155. The van der Waals surface area contributed by atoms with E-state index in [1.165, 1.54) is 34.1 Å². The predicted octanol–water partition coefficient (Wildman–Crippen LogP) is 3.38. The highest BCUT2D eigenvalue weighted by Crippen LogP contribution is 2.34. The van der Waals surface area contributed by atoms with Crippen molar-refractivity contribution in [1.82, 2.24) is 9.88 Å². The molecule has 1 amide bonds. The Balaban J connectivity index is 1.95. The van der Waals surface area contributed by atoms with Crippen LogP contribution in [0, 0.1) is 6.92 Å². The molecule has 0 atom stereocenters. The molecule has 6 nitrogen and oxygen atoms in total. The highest BCUT2D eigenvalue weighted by atomic mass is 32.2. The fourth-order valence-corrected chi connectivity index (χ4v) is 3.77. The monoisotopic (exact) mass is 359 g/mol. The molecule has 0 saturated carbocycles. The third-order valence-electron chi connectivity index (χ3n) is 3.28. The van der Waals surface area contributed by atoms with E-state index in [1.54, 1.807) is 31.3 Å². The molecule has 122 valence electrons. The Morgan fingerprint density at radius 1 is 1.38 bits per heavy atom. The maximum absolute atomic E-state index is 12.4. The van der Waals surface area contributed by atoms with E-state index < -0.39 is 5.97 Å². The van der Waals surface area contributed by atoms with Crippen molar-refractivity contribution in [3.63, 3.8) is 0 Å². The number of benzene rings is 1. The highest BCUT2D eigenvalue weighted by molar-refractivity contribution is 8.18. The number of likely N-dealkylation sites (N-methyl/N-ethyl adjacent to an activating group) is 1. The summed E-state index contributed by atoms with van der Waals surface area (Å²) in [6, 6.07) is 6.57. The first-order chi connectivity index (χ1) is 11.5. The van der Waals surface area contributed by atoms with Gasteiger partial charge in [-0.15, -0.1) is 11.3 Å². The van der Waals surface area contributed by atoms with Crippen molar-refractivity contribution < 1.29 is 14.7 Å². The van der Waals surface area contributed by atoms with E-state index in [0.29, 0.717) is 20.8 Å². The van der Waals surface area contributed by atoms with Gasteiger partial charge in [-0.3, -0.25) is 9.69 Å². The number of carbonyl (C=O) groups excluding carboxylic acids is 1. The zero-order valence-electron chi connectivity index (χ0n) is 12.9. The molecule has 0 aliphatic carbocycles. The third kappa shape index (κ3) is 3.24. The lowest BCUT2D eigenvalue weighted by molar-refractivity contribution is -0.121. The van der Waals surface area contributed by atoms with Gasteiger partial charge in [0, 0.05) is 12.4 Å². The SMILES string of the molecule is Cc1csc(/N=C2/S/C(=C/c3ccccc3C(=O)O)C(=O)N2C)n1. The average molecular weight is 359 g/mol. The minimum atomic E-state index is -1.03. The molecule has 1 aliphatic rings. The van der Waals surface area contributed by atoms with Crippen LogP contribution in [0.2, 0.25) is 0 Å². The number of hydrogen-bond acceptors (Lipinski definition) is 6. The van der Waals surface area contributed by atoms with Crippen LogP contribution in [0.5, 0.6) is 0 Å². The summed E-state index contributed by atoms with van der Waals surface area (Å²) >= 11 is 2.61. The second-order valence-corrected chi connectivity index (χ2v) is 6.88. The number of carboxylic acids is 1. The molecule has 1 aromatic carbocycles. The summed E-state index contributed by atoms with van der Waals surface area (Å²) in [6.07, 6.45) is 1.59. The van der Waals surface area contributed by atoms with E-state index in [2.05, 4.69) is 9.98 Å². The Morgan fingerprint density at radius 3 is 2.79 bits per heavy atom. The summed E-state index contributed by atoms with van der Waals surface area (Å²) < 4.78 is 0. The molecule has 2 heterocycles. The Morgan fingerprint density at radius 2 is 2.12 bits per heavy atom. The molecule has 1 fully saturated rings. The second-order valence-electron chi connectivity index (χ2n) is 5.03. The van der Waals surface area contributed by atoms with Crippen LogP contribution < -0.4 is 0 Å². The molecule has 0 radical (unpaired) electrons. The largest absolute Gasteiger partial charge is 0.478 e. The maximum Gasteiger partial charge on any atom is 0.336 e. The van der Waals surface area contributed by atoms with Crippen molar-refractivity contribution >= 4 is 51.4 Å². The Labute approximate surface area is 146 Å². The number of aromatic nitrogens is 1. The van der Waals surface area contributed by atoms with E-state index >= 15 is 0 Å². The minimum Gasteiger partial charge on any atom is -0.478 e. The predicted molar refractivity (Wildman–Crippen MR) is 95.7 cm³/mol. The van der Waals surface area contributed by atoms with Gasteiger partial charge in [0.15, 0.2) is 5.17 Å². The lowest BCUT2D eigenvalue weighted by atomic mass is 10.1. The van der Waals surface area contributed by atoms with E-state index in [-0.39, 0.29) is 11.5 Å². The lowest BCUT2D eigenvalue weighted by Crippen LogP contribution is -2.23. The van der Waals surface area contributed by atoms with Crippen LogP contribution in [0.4, 0.5) is 5.13 Å². The number of aliphatic imine (C=N–C) groups is 1. The van der Waals surface area contributed by atoms with E-state index in [9.17, 15) is 14.7 Å². The zero-order valence-corrected chi connectivity index (χ0v) is 14.5. The summed E-state index contributed by atoms with van der Waals surface area (Å²) in [4.78, 5) is 34.2. The Kier molecular flexibility index (Phi) is 4.50. The number of thioether (sulfide) groups is 1. The Hall–Kier alpha value is -2.45. The van der Waals surface area contributed by atoms with Crippen molar-refractivity contribution in [2.75, 3.05) is 7.05 Å². The fraction of sp³-hybridized carbons (Fsp3) is 0.125. The van der Waals surface area contributed by atoms with Gasteiger partial charge in [0.1, 0.15) is 0 Å². The molecule has 0 unspecified atom stereocenters. The number of amidine groups is 1. The number of thiazole rings is 1. The number of nitrogens with zero attached hydrogens (tertiary/aromatic N) is 3. The van der Waals surface area contributed by atoms with Gasteiger partial charge in [-0.1, -0.05) is 18.2 Å².